The van der Waals surface area contributed by atoms with Crippen LogP contribution in [0.2, 0.25) is 5.02 Å². The number of rotatable bonds is 4. The SMILES string of the molecule is Cc1ccc(Cl)cc1NCc1ncc(C)c([N+](=O)[O-])c1C. The van der Waals surface area contributed by atoms with Gasteiger partial charge >= 0.3 is 0 Å². The summed E-state index contributed by atoms with van der Waals surface area (Å²) in [5.41, 5.74) is 3.90. The van der Waals surface area contributed by atoms with Gasteiger partial charge in [-0.25, -0.2) is 0 Å². The maximum absolute atomic E-state index is 11.1. The Morgan fingerprint density at radius 3 is 2.67 bits per heavy atom. The average Bonchev–Trinajstić information content (AvgIpc) is 2.41. The molecule has 2 rings (SSSR count). The Morgan fingerprint density at radius 1 is 1.29 bits per heavy atom. The highest BCUT2D eigenvalue weighted by atomic mass is 35.5. The number of pyridine rings is 1. The first-order valence-electron chi connectivity index (χ1n) is 6.49. The molecule has 1 heterocycles. The minimum atomic E-state index is -0.361. The summed E-state index contributed by atoms with van der Waals surface area (Å²) in [7, 11) is 0. The predicted octanol–water partition coefficient (Wildman–Crippen LogP) is 4.18. The number of nitro groups is 1. The lowest BCUT2D eigenvalue weighted by Gasteiger charge is -2.12. The second-order valence-corrected chi connectivity index (χ2v) is 5.37. The molecule has 0 amide bonds. The molecule has 21 heavy (non-hydrogen) atoms. The lowest BCUT2D eigenvalue weighted by Crippen LogP contribution is -2.07. The molecule has 110 valence electrons. The molecule has 1 aromatic heterocycles. The molecule has 0 bridgehead atoms. The van der Waals surface area contributed by atoms with Crippen LogP contribution in [0.4, 0.5) is 11.4 Å². The van der Waals surface area contributed by atoms with Crippen molar-refractivity contribution in [3.63, 3.8) is 0 Å². The van der Waals surface area contributed by atoms with E-state index in [1.807, 2.05) is 25.1 Å². The summed E-state index contributed by atoms with van der Waals surface area (Å²) < 4.78 is 0. The Bertz CT molecular complexity index is 702. The van der Waals surface area contributed by atoms with Crippen molar-refractivity contribution in [2.45, 2.75) is 27.3 Å². The molecule has 0 radical (unpaired) electrons. The van der Waals surface area contributed by atoms with Gasteiger partial charge in [-0.15, -0.1) is 0 Å². The van der Waals surface area contributed by atoms with Gasteiger partial charge in [-0.1, -0.05) is 17.7 Å². The molecule has 0 aliphatic rings. The molecule has 0 saturated carbocycles. The first kappa shape index (κ1) is 15.3. The summed E-state index contributed by atoms with van der Waals surface area (Å²) in [6.07, 6.45) is 1.53. The molecular weight excluding hydrogens is 290 g/mol. The second-order valence-electron chi connectivity index (χ2n) is 4.93. The standard InChI is InChI=1S/C15H16ClN3O2/c1-9-4-5-12(16)6-13(9)18-8-14-11(3)15(19(20)21)10(2)7-17-14/h4-7,18H,8H2,1-3H3. The highest BCUT2D eigenvalue weighted by Crippen LogP contribution is 2.25. The zero-order chi connectivity index (χ0) is 15.6. The van der Waals surface area contributed by atoms with Gasteiger partial charge in [0.05, 0.1) is 22.7 Å². The van der Waals surface area contributed by atoms with Gasteiger partial charge in [0, 0.05) is 22.5 Å². The number of nitrogens with one attached hydrogen (secondary N) is 1. The number of halogens is 1. The molecule has 0 aliphatic heterocycles. The van der Waals surface area contributed by atoms with Gasteiger partial charge in [0.1, 0.15) is 0 Å². The largest absolute Gasteiger partial charge is 0.379 e. The quantitative estimate of drug-likeness (QED) is 0.679. The summed E-state index contributed by atoms with van der Waals surface area (Å²) in [5, 5.41) is 15.0. The third kappa shape index (κ3) is 3.31. The summed E-state index contributed by atoms with van der Waals surface area (Å²) in [4.78, 5) is 15.0. The lowest BCUT2D eigenvalue weighted by molar-refractivity contribution is -0.386. The van der Waals surface area contributed by atoms with E-state index in [2.05, 4.69) is 10.3 Å². The van der Waals surface area contributed by atoms with Crippen LogP contribution in [0.5, 0.6) is 0 Å². The van der Waals surface area contributed by atoms with E-state index in [1.54, 1.807) is 13.8 Å². The van der Waals surface area contributed by atoms with E-state index in [9.17, 15) is 10.1 Å². The van der Waals surface area contributed by atoms with Crippen molar-refractivity contribution in [2.24, 2.45) is 0 Å². The number of benzene rings is 1. The van der Waals surface area contributed by atoms with E-state index in [0.717, 1.165) is 11.3 Å². The van der Waals surface area contributed by atoms with Crippen LogP contribution >= 0.6 is 11.6 Å². The molecule has 0 atom stereocenters. The highest BCUT2D eigenvalue weighted by Gasteiger charge is 2.18. The Balaban J connectivity index is 2.27. The highest BCUT2D eigenvalue weighted by molar-refractivity contribution is 6.30. The van der Waals surface area contributed by atoms with Crippen LogP contribution in [0.3, 0.4) is 0 Å². The van der Waals surface area contributed by atoms with Gasteiger partial charge in [0.2, 0.25) is 0 Å². The molecule has 0 saturated heterocycles. The molecule has 0 spiro atoms. The fraction of sp³-hybridized carbons (Fsp3) is 0.267. The zero-order valence-corrected chi connectivity index (χ0v) is 12.9. The molecule has 0 aliphatic carbocycles. The van der Waals surface area contributed by atoms with Crippen LogP contribution in [0.15, 0.2) is 24.4 Å². The lowest BCUT2D eigenvalue weighted by atomic mass is 10.1. The number of nitrogens with zero attached hydrogens (tertiary/aromatic N) is 2. The van der Waals surface area contributed by atoms with Crippen LogP contribution in [0.1, 0.15) is 22.4 Å². The number of aromatic nitrogens is 1. The van der Waals surface area contributed by atoms with Gasteiger partial charge < -0.3 is 5.32 Å². The van der Waals surface area contributed by atoms with Gasteiger partial charge in [-0.3, -0.25) is 15.1 Å². The topological polar surface area (TPSA) is 68.1 Å². The van der Waals surface area contributed by atoms with E-state index >= 15 is 0 Å². The molecule has 2 aromatic rings. The Labute approximate surface area is 128 Å². The zero-order valence-electron chi connectivity index (χ0n) is 12.1. The normalized spacial score (nSPS) is 10.5. The summed E-state index contributed by atoms with van der Waals surface area (Å²) in [6, 6.07) is 5.57. The van der Waals surface area contributed by atoms with Gasteiger partial charge in [-0.05, 0) is 38.5 Å². The fourth-order valence-corrected chi connectivity index (χ4v) is 2.36. The van der Waals surface area contributed by atoms with Crippen molar-refractivity contribution in [2.75, 3.05) is 5.32 Å². The Hall–Kier alpha value is -2.14. The van der Waals surface area contributed by atoms with Crippen LogP contribution in [-0.2, 0) is 6.54 Å². The van der Waals surface area contributed by atoms with E-state index in [-0.39, 0.29) is 10.6 Å². The maximum atomic E-state index is 11.1. The maximum Gasteiger partial charge on any atom is 0.278 e. The van der Waals surface area contributed by atoms with Gasteiger partial charge in [-0.2, -0.15) is 0 Å². The van der Waals surface area contributed by atoms with Crippen molar-refractivity contribution in [3.8, 4) is 0 Å². The summed E-state index contributed by atoms with van der Waals surface area (Å²) in [5.74, 6) is 0. The third-order valence-corrected chi connectivity index (χ3v) is 3.64. The van der Waals surface area contributed by atoms with Crippen molar-refractivity contribution in [1.82, 2.24) is 4.98 Å². The molecule has 1 N–H and O–H groups in total. The molecule has 5 nitrogen and oxygen atoms in total. The van der Waals surface area contributed by atoms with E-state index in [0.29, 0.717) is 28.4 Å². The number of anilines is 1. The van der Waals surface area contributed by atoms with E-state index in [1.165, 1.54) is 6.20 Å². The smallest absolute Gasteiger partial charge is 0.278 e. The minimum Gasteiger partial charge on any atom is -0.379 e. The van der Waals surface area contributed by atoms with Crippen molar-refractivity contribution >= 4 is 23.0 Å². The van der Waals surface area contributed by atoms with Crippen molar-refractivity contribution in [3.05, 3.63) is 61.9 Å². The summed E-state index contributed by atoms with van der Waals surface area (Å²) >= 11 is 5.97. The third-order valence-electron chi connectivity index (χ3n) is 3.40. The van der Waals surface area contributed by atoms with Crippen LogP contribution in [0.25, 0.3) is 0 Å². The van der Waals surface area contributed by atoms with Crippen LogP contribution in [-0.4, -0.2) is 9.91 Å². The monoisotopic (exact) mass is 305 g/mol. The fourth-order valence-electron chi connectivity index (χ4n) is 2.19. The van der Waals surface area contributed by atoms with Gasteiger partial charge in [0.15, 0.2) is 0 Å². The molecular formula is C15H16ClN3O2. The number of aryl methyl sites for hydroxylation is 2. The number of hydrogen-bond acceptors (Lipinski definition) is 4. The first-order valence-corrected chi connectivity index (χ1v) is 6.87. The van der Waals surface area contributed by atoms with Crippen LogP contribution in [0, 0.1) is 30.9 Å². The average molecular weight is 306 g/mol. The molecule has 0 fully saturated rings. The second kappa shape index (κ2) is 6.10. The van der Waals surface area contributed by atoms with Crippen molar-refractivity contribution < 1.29 is 4.92 Å². The molecule has 1 aromatic carbocycles. The van der Waals surface area contributed by atoms with Crippen molar-refractivity contribution in [1.29, 1.82) is 0 Å². The molecule has 0 unspecified atom stereocenters. The summed E-state index contributed by atoms with van der Waals surface area (Å²) in [6.45, 7) is 5.79. The van der Waals surface area contributed by atoms with E-state index < -0.39 is 0 Å². The van der Waals surface area contributed by atoms with Crippen LogP contribution < -0.4 is 5.32 Å². The Kier molecular flexibility index (Phi) is 4.43. The van der Waals surface area contributed by atoms with E-state index in [4.69, 9.17) is 11.6 Å². The van der Waals surface area contributed by atoms with Gasteiger partial charge in [0.25, 0.3) is 5.69 Å². The Morgan fingerprint density at radius 2 is 2.00 bits per heavy atom. The first-order chi connectivity index (χ1) is 9.90. The molecule has 6 heteroatoms. The number of hydrogen-bond donors (Lipinski definition) is 1. The predicted molar refractivity (Wildman–Crippen MR) is 83.9 cm³/mol. The minimum absolute atomic E-state index is 0.129.